The van der Waals surface area contributed by atoms with Crippen molar-refractivity contribution in [1.82, 2.24) is 0 Å². The summed E-state index contributed by atoms with van der Waals surface area (Å²) >= 11 is 5.89. The maximum Gasteiger partial charge on any atom is 0.183 e. The second-order valence-corrected chi connectivity index (χ2v) is 6.74. The smallest absolute Gasteiger partial charge is 0.183 e. The Hall–Kier alpha value is -2.10. The summed E-state index contributed by atoms with van der Waals surface area (Å²) in [4.78, 5) is -0.0544. The highest BCUT2D eigenvalue weighted by molar-refractivity contribution is 7.90. The van der Waals surface area contributed by atoms with Gasteiger partial charge in [-0.15, -0.1) is 0 Å². The van der Waals surface area contributed by atoms with Crippen molar-refractivity contribution in [3.05, 3.63) is 58.4 Å². The van der Waals surface area contributed by atoms with E-state index in [1.54, 1.807) is 6.07 Å². The molecule has 0 saturated carbocycles. The quantitative estimate of drug-likeness (QED) is 0.880. The number of halogens is 2. The minimum Gasteiger partial charge on any atom is -0.399 e. The van der Waals surface area contributed by atoms with Crippen LogP contribution >= 0.6 is 11.6 Å². The molecule has 7 heteroatoms. The van der Waals surface area contributed by atoms with Gasteiger partial charge in [0.1, 0.15) is 11.9 Å². The second kappa shape index (κ2) is 5.72. The fraction of sp³-hybridized carbons (Fsp3) is 0.0714. The molecule has 0 radical (unpaired) electrons. The van der Waals surface area contributed by atoms with Gasteiger partial charge in [-0.2, -0.15) is 5.26 Å². The van der Waals surface area contributed by atoms with Crippen molar-refractivity contribution < 1.29 is 12.8 Å². The molecule has 0 unspecified atom stereocenters. The van der Waals surface area contributed by atoms with Gasteiger partial charge in [-0.05, 0) is 35.9 Å². The van der Waals surface area contributed by atoms with Gasteiger partial charge in [0.15, 0.2) is 9.84 Å². The van der Waals surface area contributed by atoms with E-state index in [0.717, 1.165) is 6.07 Å². The van der Waals surface area contributed by atoms with Crippen molar-refractivity contribution >= 4 is 27.1 Å². The van der Waals surface area contributed by atoms with Crippen LogP contribution in [0.1, 0.15) is 11.1 Å². The summed E-state index contributed by atoms with van der Waals surface area (Å²) in [5.74, 6) is -1.07. The molecule has 4 nitrogen and oxygen atoms in total. The predicted octanol–water partition coefficient (Wildman–Crippen LogP) is 2.91. The molecule has 21 heavy (non-hydrogen) atoms. The SMILES string of the molecule is N#Cc1cc(CS(=O)(=O)c2ccc(N)cc2Cl)ccc1F. The van der Waals surface area contributed by atoms with Crippen LogP contribution in [0.5, 0.6) is 0 Å². The van der Waals surface area contributed by atoms with Crippen molar-refractivity contribution in [2.24, 2.45) is 0 Å². The van der Waals surface area contributed by atoms with E-state index in [1.807, 2.05) is 0 Å². The van der Waals surface area contributed by atoms with Gasteiger partial charge < -0.3 is 5.73 Å². The normalized spacial score (nSPS) is 11.1. The van der Waals surface area contributed by atoms with Crippen LogP contribution in [0.25, 0.3) is 0 Å². The molecule has 2 aromatic rings. The lowest BCUT2D eigenvalue weighted by molar-refractivity contribution is 0.594. The molecule has 0 amide bonds. The van der Waals surface area contributed by atoms with Gasteiger partial charge in [0.2, 0.25) is 0 Å². The Balaban J connectivity index is 2.40. The van der Waals surface area contributed by atoms with Crippen LogP contribution in [0.15, 0.2) is 41.3 Å². The number of nitrogen functional groups attached to an aromatic ring is 1. The summed E-state index contributed by atoms with van der Waals surface area (Å²) in [5.41, 5.74) is 5.98. The molecule has 0 aliphatic heterocycles. The third-order valence-corrected chi connectivity index (χ3v) is 4.96. The average Bonchev–Trinajstić information content (AvgIpc) is 2.40. The van der Waals surface area contributed by atoms with Crippen LogP contribution in [0.4, 0.5) is 10.1 Å². The Kier molecular flexibility index (Phi) is 4.16. The van der Waals surface area contributed by atoms with Crippen molar-refractivity contribution in [3.8, 4) is 6.07 Å². The Morgan fingerprint density at radius 1 is 1.24 bits per heavy atom. The predicted molar refractivity (Wildman–Crippen MR) is 77.9 cm³/mol. The van der Waals surface area contributed by atoms with E-state index in [-0.39, 0.29) is 21.2 Å². The van der Waals surface area contributed by atoms with Crippen molar-refractivity contribution in [1.29, 1.82) is 5.26 Å². The van der Waals surface area contributed by atoms with Gasteiger partial charge in [0.05, 0.1) is 21.2 Å². The number of hydrogen-bond donors (Lipinski definition) is 1. The average molecular weight is 325 g/mol. The molecule has 0 aliphatic rings. The molecule has 2 aromatic carbocycles. The fourth-order valence-electron chi connectivity index (χ4n) is 1.81. The van der Waals surface area contributed by atoms with Gasteiger partial charge in [-0.3, -0.25) is 0 Å². The summed E-state index contributed by atoms with van der Waals surface area (Å²) < 4.78 is 37.9. The molecule has 0 atom stereocenters. The first-order valence-electron chi connectivity index (χ1n) is 5.80. The third kappa shape index (κ3) is 3.32. The van der Waals surface area contributed by atoms with Gasteiger partial charge in [0.25, 0.3) is 0 Å². The number of sulfone groups is 1. The van der Waals surface area contributed by atoms with Gasteiger partial charge in [0, 0.05) is 5.69 Å². The van der Waals surface area contributed by atoms with Crippen molar-refractivity contribution in [3.63, 3.8) is 0 Å². The van der Waals surface area contributed by atoms with Gasteiger partial charge in [-0.1, -0.05) is 17.7 Å². The van der Waals surface area contributed by atoms with Gasteiger partial charge in [-0.25, -0.2) is 12.8 Å². The van der Waals surface area contributed by atoms with E-state index in [4.69, 9.17) is 22.6 Å². The number of benzene rings is 2. The van der Waals surface area contributed by atoms with Crippen LogP contribution in [0, 0.1) is 17.1 Å². The first kappa shape index (κ1) is 15.3. The topological polar surface area (TPSA) is 84.0 Å². The molecular weight excluding hydrogens is 315 g/mol. The minimum absolute atomic E-state index is 0.0256. The highest BCUT2D eigenvalue weighted by atomic mass is 35.5. The highest BCUT2D eigenvalue weighted by Crippen LogP contribution is 2.27. The Morgan fingerprint density at radius 2 is 1.95 bits per heavy atom. The van der Waals surface area contributed by atoms with E-state index in [1.165, 1.54) is 30.3 Å². The summed E-state index contributed by atoms with van der Waals surface area (Å²) in [6.07, 6.45) is 0. The monoisotopic (exact) mass is 324 g/mol. The van der Waals surface area contributed by atoms with Crippen LogP contribution in [-0.4, -0.2) is 8.42 Å². The molecule has 2 N–H and O–H groups in total. The molecule has 0 heterocycles. The molecule has 2 rings (SSSR count). The zero-order valence-electron chi connectivity index (χ0n) is 10.7. The Bertz CT molecular complexity index is 845. The lowest BCUT2D eigenvalue weighted by Gasteiger charge is -2.08. The zero-order chi connectivity index (χ0) is 15.6. The minimum atomic E-state index is -3.72. The van der Waals surface area contributed by atoms with E-state index < -0.39 is 15.7 Å². The highest BCUT2D eigenvalue weighted by Gasteiger charge is 2.19. The van der Waals surface area contributed by atoms with E-state index in [9.17, 15) is 12.8 Å². The number of nitrogens with zero attached hydrogens (tertiary/aromatic N) is 1. The summed E-state index contributed by atoms with van der Waals surface area (Å²) in [6, 6.07) is 9.36. The summed E-state index contributed by atoms with van der Waals surface area (Å²) in [6.45, 7) is 0. The first-order chi connectivity index (χ1) is 9.83. The molecule has 0 saturated heterocycles. The lowest BCUT2D eigenvalue weighted by Crippen LogP contribution is -2.06. The zero-order valence-corrected chi connectivity index (χ0v) is 12.2. The van der Waals surface area contributed by atoms with E-state index in [2.05, 4.69) is 0 Å². The maximum atomic E-state index is 13.2. The van der Waals surface area contributed by atoms with Crippen LogP contribution in [-0.2, 0) is 15.6 Å². The molecule has 108 valence electrons. The molecule has 0 spiro atoms. The van der Waals surface area contributed by atoms with Gasteiger partial charge >= 0.3 is 0 Å². The molecule has 0 bridgehead atoms. The van der Waals surface area contributed by atoms with Crippen LogP contribution in [0.2, 0.25) is 5.02 Å². The number of nitriles is 1. The molecule has 0 aliphatic carbocycles. The molecular formula is C14H10ClFN2O2S. The first-order valence-corrected chi connectivity index (χ1v) is 7.83. The number of hydrogen-bond acceptors (Lipinski definition) is 4. The van der Waals surface area contributed by atoms with Crippen molar-refractivity contribution in [2.75, 3.05) is 5.73 Å². The lowest BCUT2D eigenvalue weighted by atomic mass is 10.1. The Morgan fingerprint density at radius 3 is 2.57 bits per heavy atom. The number of rotatable bonds is 3. The molecule has 0 fully saturated rings. The fourth-order valence-corrected chi connectivity index (χ4v) is 3.76. The molecule has 0 aromatic heterocycles. The number of anilines is 1. The Labute approximate surface area is 126 Å². The number of nitrogens with two attached hydrogens (primary N) is 1. The van der Waals surface area contributed by atoms with Crippen LogP contribution in [0.3, 0.4) is 0 Å². The standard InChI is InChI=1S/C14H10ClFN2O2S/c15-12-6-11(18)2-4-14(12)21(19,20)8-9-1-3-13(16)10(5-9)7-17/h1-6H,8,18H2. The second-order valence-electron chi connectivity index (χ2n) is 4.37. The summed E-state index contributed by atoms with van der Waals surface area (Å²) in [5, 5.41) is 8.78. The van der Waals surface area contributed by atoms with E-state index in [0.29, 0.717) is 11.3 Å². The third-order valence-electron chi connectivity index (χ3n) is 2.80. The largest absolute Gasteiger partial charge is 0.399 e. The van der Waals surface area contributed by atoms with E-state index >= 15 is 0 Å². The summed E-state index contributed by atoms with van der Waals surface area (Å²) in [7, 11) is -3.72. The van der Waals surface area contributed by atoms with Crippen molar-refractivity contribution in [2.45, 2.75) is 10.6 Å². The maximum absolute atomic E-state index is 13.2. The van der Waals surface area contributed by atoms with Crippen LogP contribution < -0.4 is 5.73 Å².